The summed E-state index contributed by atoms with van der Waals surface area (Å²) in [5.74, 6) is 0. The van der Waals surface area contributed by atoms with Gasteiger partial charge in [0.05, 0.1) is 17.3 Å². The number of hydrogen-bond acceptors (Lipinski definition) is 5. The molecule has 5 nitrogen and oxygen atoms in total. The van der Waals surface area contributed by atoms with E-state index in [4.69, 9.17) is 11.6 Å². The van der Waals surface area contributed by atoms with E-state index in [0.717, 1.165) is 67.1 Å². The molecule has 2 N–H and O–H groups in total. The normalized spacial score (nSPS) is 20.4. The number of aryl methyl sites for hydroxylation is 3. The molecule has 7 heteroatoms. The van der Waals surface area contributed by atoms with E-state index in [-0.39, 0.29) is 5.56 Å². The van der Waals surface area contributed by atoms with Gasteiger partial charge in [0.15, 0.2) is 0 Å². The van der Waals surface area contributed by atoms with Gasteiger partial charge in [0, 0.05) is 29.0 Å². The van der Waals surface area contributed by atoms with Gasteiger partial charge >= 0.3 is 0 Å². The first kappa shape index (κ1) is 22.1. The molecule has 32 heavy (non-hydrogen) atoms. The number of fused-ring (bicyclic) bond motifs is 3. The molecule has 2 aliphatic rings. The highest BCUT2D eigenvalue weighted by molar-refractivity contribution is 7.18. The third-order valence-corrected chi connectivity index (χ3v) is 8.47. The van der Waals surface area contributed by atoms with Gasteiger partial charge in [-0.2, -0.15) is 0 Å². The Kier molecular flexibility index (Phi) is 6.39. The van der Waals surface area contributed by atoms with E-state index < -0.39 is 5.60 Å². The van der Waals surface area contributed by atoms with Gasteiger partial charge in [0.25, 0.3) is 5.56 Å². The van der Waals surface area contributed by atoms with Crippen molar-refractivity contribution in [1.29, 1.82) is 0 Å². The highest BCUT2D eigenvalue weighted by Crippen LogP contribution is 2.34. The van der Waals surface area contributed by atoms with Crippen LogP contribution in [0.2, 0.25) is 5.02 Å². The van der Waals surface area contributed by atoms with Gasteiger partial charge in [-0.05, 0) is 61.8 Å². The largest absolute Gasteiger partial charge is 0.389 e. The van der Waals surface area contributed by atoms with Crippen molar-refractivity contribution < 1.29 is 5.11 Å². The van der Waals surface area contributed by atoms with Crippen molar-refractivity contribution in [2.75, 3.05) is 6.54 Å². The van der Waals surface area contributed by atoms with E-state index >= 15 is 0 Å². The summed E-state index contributed by atoms with van der Waals surface area (Å²) < 4.78 is 1.74. The van der Waals surface area contributed by atoms with Crippen molar-refractivity contribution >= 4 is 33.2 Å². The lowest BCUT2D eigenvalue weighted by molar-refractivity contribution is 0.00234. The Labute approximate surface area is 197 Å². The SMILES string of the molecule is O=c1c2c3c(sc2ncn1CCc1cccc(Cl)c1)CC(NCC1(O)CCCCC1)CC3. The van der Waals surface area contributed by atoms with Crippen LogP contribution in [0, 0.1) is 0 Å². The molecular formula is C25H30ClN3O2S. The van der Waals surface area contributed by atoms with Gasteiger partial charge in [0.2, 0.25) is 0 Å². The summed E-state index contributed by atoms with van der Waals surface area (Å²) in [6, 6.07) is 8.13. The molecule has 2 aliphatic carbocycles. The molecule has 0 spiro atoms. The van der Waals surface area contributed by atoms with Crippen LogP contribution >= 0.6 is 22.9 Å². The molecular weight excluding hydrogens is 442 g/mol. The van der Waals surface area contributed by atoms with Crippen molar-refractivity contribution in [2.24, 2.45) is 0 Å². The second kappa shape index (κ2) is 9.26. The lowest BCUT2D eigenvalue weighted by atomic mass is 9.84. The van der Waals surface area contributed by atoms with Gasteiger partial charge in [-0.25, -0.2) is 4.98 Å². The topological polar surface area (TPSA) is 67.2 Å². The van der Waals surface area contributed by atoms with Crippen molar-refractivity contribution in [3.05, 3.63) is 62.0 Å². The number of aliphatic hydroxyl groups is 1. The zero-order valence-corrected chi connectivity index (χ0v) is 19.9. The first-order valence-electron chi connectivity index (χ1n) is 11.7. The molecule has 0 radical (unpaired) electrons. The number of halogens is 1. The molecule has 2 heterocycles. The molecule has 1 unspecified atom stereocenters. The Morgan fingerprint density at radius 1 is 1.28 bits per heavy atom. The number of benzene rings is 1. The fourth-order valence-corrected chi connectivity index (χ4v) is 6.67. The van der Waals surface area contributed by atoms with Crippen LogP contribution in [0.4, 0.5) is 0 Å². The van der Waals surface area contributed by atoms with Gasteiger partial charge in [-0.15, -0.1) is 11.3 Å². The summed E-state index contributed by atoms with van der Waals surface area (Å²) >= 11 is 7.75. The molecule has 2 aromatic heterocycles. The van der Waals surface area contributed by atoms with Gasteiger partial charge < -0.3 is 10.4 Å². The van der Waals surface area contributed by atoms with E-state index in [1.54, 1.807) is 22.2 Å². The third kappa shape index (κ3) is 4.65. The standard InChI is InChI=1S/C25H30ClN3O2S/c26-18-6-4-5-17(13-18)9-12-29-16-28-23-22(24(29)30)20-8-7-19(14-21(20)32-23)27-15-25(31)10-2-1-3-11-25/h4-6,13,16,19,27,31H,1-3,7-12,14-15H2. The Hall–Kier alpha value is -1.73. The fraction of sp³-hybridized carbons (Fsp3) is 0.520. The van der Waals surface area contributed by atoms with Gasteiger partial charge in [0.1, 0.15) is 4.83 Å². The van der Waals surface area contributed by atoms with Crippen LogP contribution in [0.3, 0.4) is 0 Å². The summed E-state index contributed by atoms with van der Waals surface area (Å²) in [5, 5.41) is 16.0. The Morgan fingerprint density at radius 3 is 2.94 bits per heavy atom. The average molecular weight is 472 g/mol. The molecule has 170 valence electrons. The maximum atomic E-state index is 13.3. The Bertz CT molecular complexity index is 1170. The predicted molar refractivity (Wildman–Crippen MR) is 131 cm³/mol. The van der Waals surface area contributed by atoms with Crippen LogP contribution in [-0.2, 0) is 25.8 Å². The molecule has 1 aromatic carbocycles. The van der Waals surface area contributed by atoms with Gasteiger partial charge in [-0.1, -0.05) is 43.0 Å². The van der Waals surface area contributed by atoms with Crippen molar-refractivity contribution in [2.45, 2.75) is 76.0 Å². The van der Waals surface area contributed by atoms with Crippen molar-refractivity contribution in [3.63, 3.8) is 0 Å². The monoisotopic (exact) mass is 471 g/mol. The Morgan fingerprint density at radius 2 is 2.12 bits per heavy atom. The first-order chi connectivity index (χ1) is 15.5. The number of hydrogen-bond donors (Lipinski definition) is 2. The van der Waals surface area contributed by atoms with Crippen LogP contribution in [-0.4, -0.2) is 32.8 Å². The van der Waals surface area contributed by atoms with Crippen LogP contribution < -0.4 is 10.9 Å². The smallest absolute Gasteiger partial charge is 0.262 e. The predicted octanol–water partition coefficient (Wildman–Crippen LogP) is 4.50. The van der Waals surface area contributed by atoms with E-state index in [1.165, 1.54) is 16.9 Å². The van der Waals surface area contributed by atoms with E-state index in [1.807, 2.05) is 24.3 Å². The molecule has 3 aromatic rings. The molecule has 1 fully saturated rings. The van der Waals surface area contributed by atoms with Crippen LogP contribution in [0.15, 0.2) is 35.4 Å². The average Bonchev–Trinajstić information content (AvgIpc) is 3.16. The molecule has 1 saturated carbocycles. The summed E-state index contributed by atoms with van der Waals surface area (Å²) in [7, 11) is 0. The number of thiophene rings is 1. The molecule has 5 rings (SSSR count). The second-order valence-corrected chi connectivity index (χ2v) is 10.9. The number of aromatic nitrogens is 2. The second-order valence-electron chi connectivity index (χ2n) is 9.41. The third-order valence-electron chi connectivity index (χ3n) is 7.07. The number of rotatable bonds is 6. The number of nitrogens with zero attached hydrogens (tertiary/aromatic N) is 2. The molecule has 1 atom stereocenters. The summed E-state index contributed by atoms with van der Waals surface area (Å²) in [6.07, 6.45) is 10.5. The maximum Gasteiger partial charge on any atom is 0.262 e. The molecule has 0 amide bonds. The van der Waals surface area contributed by atoms with Crippen LogP contribution in [0.1, 0.15) is 54.5 Å². The Balaban J connectivity index is 1.30. The molecule has 0 bridgehead atoms. The summed E-state index contributed by atoms with van der Waals surface area (Å²) in [4.78, 5) is 20.0. The zero-order chi connectivity index (χ0) is 22.1. The lowest BCUT2D eigenvalue weighted by Crippen LogP contribution is -2.47. The summed E-state index contributed by atoms with van der Waals surface area (Å²) in [6.45, 7) is 1.27. The lowest BCUT2D eigenvalue weighted by Gasteiger charge is -2.34. The first-order valence-corrected chi connectivity index (χ1v) is 12.9. The summed E-state index contributed by atoms with van der Waals surface area (Å²) in [5.41, 5.74) is 1.83. The minimum absolute atomic E-state index is 0.0671. The minimum atomic E-state index is -0.545. The number of nitrogens with one attached hydrogen (secondary N) is 1. The highest BCUT2D eigenvalue weighted by atomic mass is 35.5. The van der Waals surface area contributed by atoms with Crippen molar-refractivity contribution in [1.82, 2.24) is 14.9 Å². The zero-order valence-electron chi connectivity index (χ0n) is 18.3. The van der Waals surface area contributed by atoms with Crippen LogP contribution in [0.5, 0.6) is 0 Å². The van der Waals surface area contributed by atoms with Crippen LogP contribution in [0.25, 0.3) is 10.2 Å². The highest BCUT2D eigenvalue weighted by Gasteiger charge is 2.31. The quantitative estimate of drug-likeness (QED) is 0.555. The van der Waals surface area contributed by atoms with E-state index in [9.17, 15) is 9.90 Å². The fourth-order valence-electron chi connectivity index (χ4n) is 5.20. The molecule has 0 aliphatic heterocycles. The van der Waals surface area contributed by atoms with E-state index in [2.05, 4.69) is 10.3 Å². The van der Waals surface area contributed by atoms with E-state index in [0.29, 0.717) is 24.2 Å². The minimum Gasteiger partial charge on any atom is -0.389 e. The maximum absolute atomic E-state index is 13.3. The van der Waals surface area contributed by atoms with Crippen molar-refractivity contribution in [3.8, 4) is 0 Å². The van der Waals surface area contributed by atoms with Gasteiger partial charge in [-0.3, -0.25) is 9.36 Å². The molecule has 0 saturated heterocycles.